The van der Waals surface area contributed by atoms with Crippen LogP contribution in [0.2, 0.25) is 0 Å². The minimum Gasteiger partial charge on any atom is -0.756 e. The second-order valence-corrected chi connectivity index (χ2v) is 12.5. The van der Waals surface area contributed by atoms with E-state index in [1.54, 1.807) is 0 Å². The number of rotatable bonds is 0. The Morgan fingerprint density at radius 1 is 0.346 bits per heavy atom. The van der Waals surface area contributed by atoms with Gasteiger partial charge in [0.2, 0.25) is 0 Å². The molecule has 0 aliphatic carbocycles. The van der Waals surface area contributed by atoms with Gasteiger partial charge in [-0.2, -0.15) is 0 Å². The maximum absolute atomic E-state index is 11.0. The molecule has 0 bridgehead atoms. The summed E-state index contributed by atoms with van der Waals surface area (Å²) >= 11 is 0. The molecule has 144 valence electrons. The molecule has 0 unspecified atom stereocenters. The molecule has 0 aromatic rings. The topological polar surface area (TPSA) is 296 Å². The zero-order valence-corrected chi connectivity index (χ0v) is 22.2. The Labute approximate surface area is 193 Å². The first kappa shape index (κ1) is 31.3. The van der Waals surface area contributed by atoms with Gasteiger partial charge in [-0.25, -0.2) is 25.9 Å². The van der Waals surface area contributed by atoms with Gasteiger partial charge >= 0.3 is 65.4 Å². The number of phosphoric acid groups is 6. The monoisotopic (exact) mass is 652 g/mol. The maximum atomic E-state index is 11.0. The van der Waals surface area contributed by atoms with Crippen LogP contribution in [0.5, 0.6) is 0 Å². The fourth-order valence-corrected chi connectivity index (χ4v) is 9.03. The van der Waals surface area contributed by atoms with Gasteiger partial charge in [0.1, 0.15) is 0 Å². The first-order valence-electron chi connectivity index (χ1n) is 4.38. The van der Waals surface area contributed by atoms with Crippen molar-refractivity contribution in [3.63, 3.8) is 0 Å². The summed E-state index contributed by atoms with van der Waals surface area (Å²) in [4.78, 5) is 65.8. The molecule has 1 aliphatic heterocycles. The summed E-state index contributed by atoms with van der Waals surface area (Å²) in [6.07, 6.45) is 0. The number of hydrogen-bond acceptors (Lipinski definition) is 18. The minimum atomic E-state index is -6.56. The van der Waals surface area contributed by atoms with Gasteiger partial charge in [-0.1, -0.05) is 0 Å². The van der Waals surface area contributed by atoms with E-state index in [1.165, 1.54) is 0 Å². The molecule has 0 spiro atoms. The van der Waals surface area contributed by atoms with E-state index in [9.17, 15) is 56.8 Å². The van der Waals surface area contributed by atoms with Crippen LogP contribution >= 0.6 is 46.9 Å². The minimum absolute atomic E-state index is 0. The molecule has 1 fully saturated rings. The van der Waals surface area contributed by atoms with Gasteiger partial charge in [-0.3, -0.25) is 27.4 Å². The van der Waals surface area contributed by atoms with Crippen LogP contribution in [-0.4, -0.2) is 0 Å². The second-order valence-electron chi connectivity index (χ2n) is 3.17. The molecule has 26 heavy (non-hydrogen) atoms. The smallest absolute Gasteiger partial charge is 0.756 e. The van der Waals surface area contributed by atoms with Crippen LogP contribution < -0.4 is 29.4 Å². The third-order valence-electron chi connectivity index (χ3n) is 1.20. The van der Waals surface area contributed by atoms with Crippen molar-refractivity contribution < 1.29 is 148 Å². The van der Waals surface area contributed by atoms with Gasteiger partial charge in [-0.05, 0) is 0 Å². The first-order chi connectivity index (χ1) is 10.2. The zero-order valence-electron chi connectivity index (χ0n) is 11.2. The Balaban J connectivity index is 0. The molecule has 0 N–H and O–H groups in total. The largest absolute Gasteiger partial charge is 3.00 e. The molecule has 26 heteroatoms. The van der Waals surface area contributed by atoms with Crippen molar-refractivity contribution in [3.8, 4) is 0 Å². The predicted molar refractivity (Wildman–Crippen MR) is 52.1 cm³/mol. The van der Waals surface area contributed by atoms with Gasteiger partial charge in [0, 0.05) is 0 Å². The summed E-state index contributed by atoms with van der Waals surface area (Å²) in [5, 5.41) is 0. The van der Waals surface area contributed by atoms with Crippen LogP contribution in [0.25, 0.3) is 0 Å². The van der Waals surface area contributed by atoms with Crippen molar-refractivity contribution in [1.82, 2.24) is 0 Å². The van der Waals surface area contributed by atoms with Crippen LogP contribution in [0.4, 0.5) is 0 Å². The van der Waals surface area contributed by atoms with Crippen LogP contribution in [0, 0.1) is 0 Å². The number of hydrogen-bond donors (Lipinski definition) is 0. The van der Waals surface area contributed by atoms with Crippen molar-refractivity contribution in [2.24, 2.45) is 0 Å². The quantitative estimate of drug-likeness (QED) is 0.234. The fourth-order valence-electron chi connectivity index (χ4n) is 0.824. The predicted octanol–water partition coefficient (Wildman–Crippen LogP) is -3.10. The van der Waals surface area contributed by atoms with Crippen molar-refractivity contribution in [1.29, 1.82) is 0 Å². The summed E-state index contributed by atoms with van der Waals surface area (Å²) in [6.45, 7) is 0. The molecule has 18 nitrogen and oxygen atoms in total. The Morgan fingerprint density at radius 2 is 0.423 bits per heavy atom. The second kappa shape index (κ2) is 10.2. The molecule has 1 aliphatic rings. The van der Waals surface area contributed by atoms with Gasteiger partial charge in [-0.15, -0.1) is 0 Å². The van der Waals surface area contributed by atoms with Crippen LogP contribution in [0.3, 0.4) is 0 Å². The fraction of sp³-hybridized carbons (Fsp3) is 0. The Hall–Kier alpha value is 3.11. The SMILES string of the molecule is O=P1([O-])OP(=O)([O-])OP(=O)([O-])OP(=O)([O-])OP(=O)([O-])OP(=O)([O-])O1.[Y+3].[Y+3]. The standard InChI is InChI=1S/H6O18P6.2Y/c1-19(2)13-20(3,4)15-22(7,8)17-24(11,12)18-23(9,10)16-21(5,6)14-19;;/h(H,1,2)(H,3,4)(H,5,6)(H,7,8)(H,9,10)(H,11,12);;/q;2*+3/p-6. The first-order valence-corrected chi connectivity index (χ1v) is 13.1. The average Bonchev–Trinajstić information content (AvgIpc) is 1.98. The third-order valence-corrected chi connectivity index (χ3v) is 10.8. The maximum Gasteiger partial charge on any atom is 3.00 e. The molecule has 1 rings (SSSR count). The van der Waals surface area contributed by atoms with Gasteiger partial charge in [0.25, 0.3) is 46.9 Å². The molecule has 0 radical (unpaired) electrons. The van der Waals surface area contributed by atoms with Crippen molar-refractivity contribution in [3.05, 3.63) is 0 Å². The Morgan fingerprint density at radius 3 is 0.500 bits per heavy atom. The summed E-state index contributed by atoms with van der Waals surface area (Å²) in [7, 11) is -39.3. The molecule has 1 heterocycles. The molecule has 0 saturated carbocycles. The van der Waals surface area contributed by atoms with E-state index in [2.05, 4.69) is 25.9 Å². The van der Waals surface area contributed by atoms with Crippen LogP contribution in [-0.2, 0) is 119 Å². The Bertz CT molecular complexity index is 585. The van der Waals surface area contributed by atoms with Crippen LogP contribution in [0.15, 0.2) is 0 Å². The zero-order chi connectivity index (χ0) is 19.2. The summed E-state index contributed by atoms with van der Waals surface area (Å²) < 4.78 is 83.4. The van der Waals surface area contributed by atoms with E-state index < -0.39 is 46.9 Å². The molecule has 0 amide bonds. The van der Waals surface area contributed by atoms with E-state index >= 15 is 0 Å². The van der Waals surface area contributed by atoms with Crippen molar-refractivity contribution >= 4 is 46.9 Å². The molecule has 1 saturated heterocycles. The molecule has 0 aromatic carbocycles. The van der Waals surface area contributed by atoms with Crippen molar-refractivity contribution in [2.45, 2.75) is 0 Å². The molecule has 0 aromatic heterocycles. The summed E-state index contributed by atoms with van der Waals surface area (Å²) in [5.74, 6) is 0. The van der Waals surface area contributed by atoms with Crippen LogP contribution in [0.1, 0.15) is 0 Å². The Kier molecular flexibility index (Phi) is 12.2. The third kappa shape index (κ3) is 12.1. The molecular weight excluding hydrogens is 652 g/mol. The van der Waals surface area contributed by atoms with Gasteiger partial charge in [0.15, 0.2) is 0 Å². The molecule has 0 atom stereocenters. The van der Waals surface area contributed by atoms with E-state index in [1.807, 2.05) is 0 Å². The summed E-state index contributed by atoms with van der Waals surface area (Å²) in [6, 6.07) is 0. The van der Waals surface area contributed by atoms with Crippen molar-refractivity contribution in [2.75, 3.05) is 0 Å². The van der Waals surface area contributed by atoms with Gasteiger partial charge < -0.3 is 29.4 Å². The van der Waals surface area contributed by atoms with E-state index in [-0.39, 0.29) is 65.4 Å². The van der Waals surface area contributed by atoms with E-state index in [4.69, 9.17) is 0 Å². The van der Waals surface area contributed by atoms with Gasteiger partial charge in [0.05, 0.1) is 0 Å². The van der Waals surface area contributed by atoms with E-state index in [0.717, 1.165) is 0 Å². The van der Waals surface area contributed by atoms with E-state index in [0.29, 0.717) is 0 Å². The average molecular weight is 652 g/mol. The summed E-state index contributed by atoms with van der Waals surface area (Å²) in [5.41, 5.74) is 0. The molecular formula is O18P6Y2. The normalized spacial score (nSPS) is 51.0.